The lowest BCUT2D eigenvalue weighted by Crippen LogP contribution is -2.25. The maximum atomic E-state index is 15.2. The molecular formula is C40H10F8N6. The van der Waals surface area contributed by atoms with Gasteiger partial charge >= 0.3 is 0 Å². The molecule has 54 heavy (non-hydrogen) atoms. The van der Waals surface area contributed by atoms with E-state index >= 15 is 17.6 Å². The molecule has 5 aromatic rings. The van der Waals surface area contributed by atoms with E-state index in [1.165, 1.54) is 12.1 Å². The van der Waals surface area contributed by atoms with Crippen molar-refractivity contribution in [2.24, 2.45) is 0 Å². The van der Waals surface area contributed by atoms with Crippen LogP contribution >= 0.6 is 0 Å². The number of hydrogen-bond donors (Lipinski definition) is 0. The van der Waals surface area contributed by atoms with Crippen LogP contribution in [0.25, 0.3) is 70.4 Å². The zero-order chi connectivity index (χ0) is 38.9. The van der Waals surface area contributed by atoms with Crippen LogP contribution < -0.4 is 10.4 Å². The molecule has 0 radical (unpaired) electrons. The predicted molar refractivity (Wildman–Crippen MR) is 175 cm³/mol. The van der Waals surface area contributed by atoms with Gasteiger partial charge in [-0.1, -0.05) is 24.3 Å². The standard InChI is InChI=1S/C40H10F8N6/c1-52-24(13-50)30-22-9-16-5-7-18(27-36(45)38(47)40(54-3)39(48)37(27)46)11-20(16)29(22)31(25(14-51)53-2)21-8-15-4-6-17(10-19(15)28(21)30)26-34(43)32(41)23(12-49)33(42)35(26)44/h4-7,10-11H,8-9H2/b30-24+,31-25-. The first kappa shape index (κ1) is 34.7. The molecule has 0 spiro atoms. The first-order chi connectivity index (χ1) is 25.9. The predicted octanol–water partition coefficient (Wildman–Crippen LogP) is 8.80. The molecule has 2 aliphatic carbocycles. The molecule has 0 heterocycles. The van der Waals surface area contributed by atoms with Crippen molar-refractivity contribution in [3.05, 3.63) is 155 Å². The number of rotatable bonds is 2. The highest BCUT2D eigenvalue weighted by atomic mass is 19.2. The van der Waals surface area contributed by atoms with Crippen molar-refractivity contribution in [2.75, 3.05) is 0 Å². The molecular weight excluding hydrogens is 716 g/mol. The molecule has 256 valence electrons. The monoisotopic (exact) mass is 726 g/mol. The average Bonchev–Trinajstić information content (AvgIpc) is 3.74. The number of fused-ring (bicyclic) bond motifs is 6. The van der Waals surface area contributed by atoms with Crippen molar-refractivity contribution in [1.29, 1.82) is 15.8 Å². The SMILES string of the molecule is [C-]#[N+]/C(C#N)=c1/c2c(/c(=C(\C#N)[N+]#[C-])c3c1-c1cc(-c4c(F)c(F)c([N+]#[C-])c(F)c4F)ccc1C3)-c1cc(-c3c(F)c(F)c(C#N)c(F)c3F)ccc1C2. The molecule has 0 aliphatic heterocycles. The smallest absolute Gasteiger partial charge is 0.232 e. The van der Waals surface area contributed by atoms with Gasteiger partial charge in [-0.05, 0) is 80.6 Å². The second-order valence-corrected chi connectivity index (χ2v) is 11.9. The summed E-state index contributed by atoms with van der Waals surface area (Å²) in [5.41, 5.74) is -5.55. The molecule has 6 nitrogen and oxygen atoms in total. The fourth-order valence-corrected chi connectivity index (χ4v) is 7.17. The molecule has 7 rings (SSSR count). The first-order valence-electron chi connectivity index (χ1n) is 15.2. The van der Waals surface area contributed by atoms with E-state index in [1.807, 2.05) is 0 Å². The maximum Gasteiger partial charge on any atom is 0.269 e. The summed E-state index contributed by atoms with van der Waals surface area (Å²) in [4.78, 5) is 9.27. The summed E-state index contributed by atoms with van der Waals surface area (Å²) < 4.78 is 120. The number of benzene rings is 5. The average molecular weight is 727 g/mol. The zero-order valence-corrected chi connectivity index (χ0v) is 26.6. The Morgan fingerprint density at radius 2 is 0.926 bits per heavy atom. The summed E-state index contributed by atoms with van der Waals surface area (Å²) >= 11 is 0. The summed E-state index contributed by atoms with van der Waals surface area (Å²) in [7, 11) is 0. The highest BCUT2D eigenvalue weighted by Crippen LogP contribution is 2.45. The Balaban J connectivity index is 1.60. The molecule has 14 heteroatoms. The van der Waals surface area contributed by atoms with Gasteiger partial charge in [0.2, 0.25) is 0 Å². The summed E-state index contributed by atoms with van der Waals surface area (Å²) in [6.45, 7) is 22.6. The van der Waals surface area contributed by atoms with Gasteiger partial charge in [0, 0.05) is 10.4 Å². The zero-order valence-electron chi connectivity index (χ0n) is 26.6. The van der Waals surface area contributed by atoms with E-state index < -0.39 is 91.4 Å². The Bertz CT molecular complexity index is 2760. The van der Waals surface area contributed by atoms with E-state index in [9.17, 15) is 28.1 Å². The van der Waals surface area contributed by atoms with Crippen LogP contribution in [0.5, 0.6) is 0 Å². The van der Waals surface area contributed by atoms with Gasteiger partial charge in [-0.2, -0.15) is 5.26 Å². The fourth-order valence-electron chi connectivity index (χ4n) is 7.17. The van der Waals surface area contributed by atoms with Crippen molar-refractivity contribution in [1.82, 2.24) is 0 Å². The van der Waals surface area contributed by atoms with Crippen LogP contribution in [-0.4, -0.2) is 0 Å². The van der Waals surface area contributed by atoms with E-state index in [0.29, 0.717) is 11.1 Å². The molecule has 0 N–H and O–H groups in total. The molecule has 0 atom stereocenters. The highest BCUT2D eigenvalue weighted by Gasteiger charge is 2.34. The molecule has 0 unspecified atom stereocenters. The van der Waals surface area contributed by atoms with Gasteiger partial charge in [0.25, 0.3) is 17.1 Å². The molecule has 2 aliphatic rings. The summed E-state index contributed by atoms with van der Waals surface area (Å²) in [5.74, 6) is -15.2. The maximum absolute atomic E-state index is 15.2. The van der Waals surface area contributed by atoms with Gasteiger partial charge < -0.3 is 0 Å². The van der Waals surface area contributed by atoms with Crippen LogP contribution in [0.1, 0.15) is 27.8 Å². The summed E-state index contributed by atoms with van der Waals surface area (Å²) in [6, 6.07) is 12.0. The van der Waals surface area contributed by atoms with Crippen molar-refractivity contribution in [3.63, 3.8) is 0 Å². The molecule has 0 bridgehead atoms. The van der Waals surface area contributed by atoms with Crippen molar-refractivity contribution in [3.8, 4) is 62.7 Å². The van der Waals surface area contributed by atoms with E-state index in [-0.39, 0.29) is 56.7 Å². The van der Waals surface area contributed by atoms with Crippen molar-refractivity contribution in [2.45, 2.75) is 12.8 Å². The number of nitrogens with zero attached hydrogens (tertiary/aromatic N) is 6. The lowest BCUT2D eigenvalue weighted by atomic mass is 9.89. The lowest BCUT2D eigenvalue weighted by Gasteiger charge is -2.15. The van der Waals surface area contributed by atoms with E-state index in [1.54, 1.807) is 12.1 Å². The minimum Gasteiger partial charge on any atom is -0.232 e. The normalized spacial score (nSPS) is 12.8. The third-order valence-corrected chi connectivity index (χ3v) is 9.41. The van der Waals surface area contributed by atoms with Gasteiger partial charge in [0.1, 0.15) is 11.6 Å². The third kappa shape index (κ3) is 4.59. The number of nitriles is 3. The van der Waals surface area contributed by atoms with Gasteiger partial charge in [-0.25, -0.2) is 60.2 Å². The topological polar surface area (TPSA) is 84.4 Å². The minimum absolute atomic E-state index is 0.0355. The number of halogens is 8. The van der Waals surface area contributed by atoms with E-state index in [2.05, 4.69) is 14.5 Å². The Kier molecular flexibility index (Phi) is 8.00. The second kappa shape index (κ2) is 12.5. The Morgan fingerprint density at radius 1 is 0.537 bits per heavy atom. The molecule has 0 saturated heterocycles. The quantitative estimate of drug-likeness (QED) is 0.101. The molecule has 0 fully saturated rings. The molecule has 0 amide bonds. The Labute approximate surface area is 298 Å². The minimum atomic E-state index is -1.93. The largest absolute Gasteiger partial charge is 0.269 e. The Morgan fingerprint density at radius 3 is 1.26 bits per heavy atom. The van der Waals surface area contributed by atoms with E-state index in [0.717, 1.165) is 30.3 Å². The third-order valence-electron chi connectivity index (χ3n) is 9.41. The van der Waals surface area contributed by atoms with E-state index in [4.69, 9.17) is 25.0 Å². The fraction of sp³-hybridized carbons (Fsp3) is 0.0500. The van der Waals surface area contributed by atoms with Gasteiger partial charge in [-0.3, -0.25) is 0 Å². The summed E-state index contributed by atoms with van der Waals surface area (Å²) in [5, 5.41) is 29.3. The van der Waals surface area contributed by atoms with Crippen molar-refractivity contribution < 1.29 is 35.1 Å². The van der Waals surface area contributed by atoms with Crippen LogP contribution in [0.4, 0.5) is 40.8 Å². The number of hydrogen-bond acceptors (Lipinski definition) is 3. The highest BCUT2D eigenvalue weighted by molar-refractivity contribution is 5.94. The lowest BCUT2D eigenvalue weighted by molar-refractivity contribution is 0.454. The van der Waals surface area contributed by atoms with Gasteiger partial charge in [0.15, 0.2) is 46.5 Å². The van der Waals surface area contributed by atoms with Crippen LogP contribution in [-0.2, 0) is 12.8 Å². The van der Waals surface area contributed by atoms with Gasteiger partial charge in [0.05, 0.1) is 43.0 Å². The van der Waals surface area contributed by atoms with Crippen LogP contribution in [0.2, 0.25) is 0 Å². The molecule has 0 saturated carbocycles. The van der Waals surface area contributed by atoms with Crippen LogP contribution in [0, 0.1) is 100 Å². The molecule has 5 aromatic carbocycles. The molecule has 0 aromatic heterocycles. The van der Waals surface area contributed by atoms with Crippen LogP contribution in [0.15, 0.2) is 36.4 Å². The first-order valence-corrected chi connectivity index (χ1v) is 15.2. The second-order valence-electron chi connectivity index (χ2n) is 11.9. The van der Waals surface area contributed by atoms with Gasteiger partial charge in [-0.15, -0.1) is 0 Å². The summed E-state index contributed by atoms with van der Waals surface area (Å²) in [6.07, 6.45) is -0.238. The van der Waals surface area contributed by atoms with Crippen molar-refractivity contribution >= 4 is 17.1 Å². The Hall–Kier alpha value is -7.78. The van der Waals surface area contributed by atoms with Crippen LogP contribution in [0.3, 0.4) is 0 Å².